The quantitative estimate of drug-likeness (QED) is 0.770. The number of hydrogen-bond donors (Lipinski definition) is 2. The Morgan fingerprint density at radius 3 is 2.70 bits per heavy atom. The van der Waals surface area contributed by atoms with E-state index in [1.54, 1.807) is 14.2 Å². The van der Waals surface area contributed by atoms with Gasteiger partial charge in [0.15, 0.2) is 0 Å². The molecule has 110 valence electrons. The molecule has 0 radical (unpaired) electrons. The number of methoxy groups -OCH3 is 1. The first-order chi connectivity index (χ1) is 9.47. The molecular formula is C14H21N3O3. The molecule has 0 unspecified atom stereocenters. The number of carbonyl (C=O) groups excluding carboxylic acids is 2. The zero-order chi connectivity index (χ0) is 15.1. The lowest BCUT2D eigenvalue weighted by Crippen LogP contribution is -2.40. The van der Waals surface area contributed by atoms with Crippen molar-refractivity contribution < 1.29 is 14.3 Å². The molecule has 1 aromatic carbocycles. The number of nitrogens with one attached hydrogen (secondary N) is 1. The summed E-state index contributed by atoms with van der Waals surface area (Å²) in [5, 5.41) is 2.45. The molecule has 3 N–H and O–H groups in total. The Balaban J connectivity index is 2.65. The van der Waals surface area contributed by atoms with Crippen molar-refractivity contribution in [2.24, 2.45) is 5.73 Å². The van der Waals surface area contributed by atoms with Gasteiger partial charge in [0.25, 0.3) is 0 Å². The first kappa shape index (κ1) is 16.0. The third-order valence-corrected chi connectivity index (χ3v) is 2.89. The lowest BCUT2D eigenvalue weighted by atomic mass is 10.1. The predicted octanol–water partition coefficient (Wildman–Crippen LogP) is 0.0369. The smallest absolute Gasteiger partial charge is 0.242 e. The predicted molar refractivity (Wildman–Crippen MR) is 76.3 cm³/mol. The van der Waals surface area contributed by atoms with Crippen LogP contribution >= 0.6 is 0 Å². The number of amides is 2. The van der Waals surface area contributed by atoms with Crippen LogP contribution in [-0.2, 0) is 16.1 Å². The highest BCUT2D eigenvalue weighted by Crippen LogP contribution is 2.20. The van der Waals surface area contributed by atoms with Crippen molar-refractivity contribution in [3.05, 3.63) is 29.3 Å². The zero-order valence-electron chi connectivity index (χ0n) is 12.1. The SMILES string of the molecule is COc1ccc(C)cc1CN(C)C(=O)CNC(=O)CN. The maximum Gasteiger partial charge on any atom is 0.242 e. The Morgan fingerprint density at radius 2 is 2.10 bits per heavy atom. The van der Waals surface area contributed by atoms with Gasteiger partial charge in [-0.05, 0) is 13.0 Å². The van der Waals surface area contributed by atoms with Crippen molar-refractivity contribution in [1.82, 2.24) is 10.2 Å². The van der Waals surface area contributed by atoms with Crippen molar-refractivity contribution in [2.45, 2.75) is 13.5 Å². The Hall–Kier alpha value is -2.08. The van der Waals surface area contributed by atoms with Crippen molar-refractivity contribution >= 4 is 11.8 Å². The highest BCUT2D eigenvalue weighted by molar-refractivity contribution is 5.85. The van der Waals surface area contributed by atoms with E-state index in [4.69, 9.17) is 10.5 Å². The summed E-state index contributed by atoms with van der Waals surface area (Å²) in [7, 11) is 3.27. The lowest BCUT2D eigenvalue weighted by Gasteiger charge is -2.19. The molecule has 1 rings (SSSR count). The number of likely N-dealkylation sites (N-methyl/N-ethyl adjacent to an activating group) is 1. The molecule has 20 heavy (non-hydrogen) atoms. The molecule has 6 heteroatoms. The van der Waals surface area contributed by atoms with Crippen LogP contribution in [0.15, 0.2) is 18.2 Å². The van der Waals surface area contributed by atoms with Gasteiger partial charge in [-0.3, -0.25) is 9.59 Å². The summed E-state index contributed by atoms with van der Waals surface area (Å²) in [6.07, 6.45) is 0. The number of rotatable bonds is 6. The Kier molecular flexibility index (Phi) is 5.99. The van der Waals surface area contributed by atoms with Crippen LogP contribution in [0, 0.1) is 6.92 Å². The van der Waals surface area contributed by atoms with E-state index in [1.165, 1.54) is 4.90 Å². The van der Waals surface area contributed by atoms with Gasteiger partial charge in [-0.15, -0.1) is 0 Å². The van der Waals surface area contributed by atoms with E-state index in [-0.39, 0.29) is 24.9 Å². The third kappa shape index (κ3) is 4.55. The van der Waals surface area contributed by atoms with Gasteiger partial charge in [-0.1, -0.05) is 17.7 Å². The molecule has 0 bridgehead atoms. The molecule has 0 saturated carbocycles. The monoisotopic (exact) mass is 279 g/mol. The number of nitrogens with two attached hydrogens (primary N) is 1. The summed E-state index contributed by atoms with van der Waals surface area (Å²) in [5.41, 5.74) is 7.18. The van der Waals surface area contributed by atoms with Crippen molar-refractivity contribution in [3.63, 3.8) is 0 Å². The first-order valence-electron chi connectivity index (χ1n) is 6.32. The minimum atomic E-state index is -0.347. The van der Waals surface area contributed by atoms with Crippen LogP contribution in [-0.4, -0.2) is 44.0 Å². The molecule has 1 aromatic rings. The third-order valence-electron chi connectivity index (χ3n) is 2.89. The number of aryl methyl sites for hydroxylation is 1. The standard InChI is InChI=1S/C14H21N3O3/c1-10-4-5-12(20-3)11(6-10)9-17(2)14(19)8-16-13(18)7-15/h4-6H,7-9,15H2,1-3H3,(H,16,18). The van der Waals surface area contributed by atoms with Crippen LogP contribution in [0.25, 0.3) is 0 Å². The average molecular weight is 279 g/mol. The molecule has 0 atom stereocenters. The Labute approximate surface area is 118 Å². The molecule has 0 spiro atoms. The van der Waals surface area contributed by atoms with Gasteiger partial charge >= 0.3 is 0 Å². The van der Waals surface area contributed by atoms with E-state index >= 15 is 0 Å². The van der Waals surface area contributed by atoms with Gasteiger partial charge in [0.2, 0.25) is 11.8 Å². The Bertz CT molecular complexity index is 489. The second-order valence-electron chi connectivity index (χ2n) is 4.55. The summed E-state index contributed by atoms with van der Waals surface area (Å²) < 4.78 is 5.27. The van der Waals surface area contributed by atoms with E-state index in [9.17, 15) is 9.59 Å². The molecule has 0 saturated heterocycles. The van der Waals surface area contributed by atoms with Crippen molar-refractivity contribution in [1.29, 1.82) is 0 Å². The molecule has 0 aliphatic carbocycles. The van der Waals surface area contributed by atoms with Gasteiger partial charge in [-0.2, -0.15) is 0 Å². The number of benzene rings is 1. The highest BCUT2D eigenvalue weighted by atomic mass is 16.5. The van der Waals surface area contributed by atoms with Crippen LogP contribution in [0.2, 0.25) is 0 Å². The fraction of sp³-hybridized carbons (Fsp3) is 0.429. The average Bonchev–Trinajstić information content (AvgIpc) is 2.44. The molecule has 0 aliphatic heterocycles. The summed E-state index contributed by atoms with van der Waals surface area (Å²) in [4.78, 5) is 24.4. The van der Waals surface area contributed by atoms with E-state index in [0.29, 0.717) is 6.54 Å². The molecule has 0 aromatic heterocycles. The van der Waals surface area contributed by atoms with Gasteiger partial charge in [0, 0.05) is 19.2 Å². The molecule has 0 fully saturated rings. The molecule has 6 nitrogen and oxygen atoms in total. The largest absolute Gasteiger partial charge is 0.496 e. The highest BCUT2D eigenvalue weighted by Gasteiger charge is 2.13. The number of hydrogen-bond acceptors (Lipinski definition) is 4. The van der Waals surface area contributed by atoms with E-state index < -0.39 is 0 Å². The number of ether oxygens (including phenoxy) is 1. The maximum absolute atomic E-state index is 11.9. The number of nitrogens with zero attached hydrogens (tertiary/aromatic N) is 1. The minimum Gasteiger partial charge on any atom is -0.496 e. The second kappa shape index (κ2) is 7.49. The van der Waals surface area contributed by atoms with E-state index in [1.807, 2.05) is 25.1 Å². The number of carbonyl (C=O) groups is 2. The summed E-state index contributed by atoms with van der Waals surface area (Å²) >= 11 is 0. The van der Waals surface area contributed by atoms with E-state index in [2.05, 4.69) is 5.32 Å². The second-order valence-corrected chi connectivity index (χ2v) is 4.55. The fourth-order valence-corrected chi connectivity index (χ4v) is 1.76. The van der Waals surface area contributed by atoms with Gasteiger partial charge in [0.1, 0.15) is 5.75 Å². The lowest BCUT2D eigenvalue weighted by molar-refractivity contribution is -0.131. The van der Waals surface area contributed by atoms with Gasteiger partial charge in [-0.25, -0.2) is 0 Å². The molecule has 2 amide bonds. The van der Waals surface area contributed by atoms with Crippen LogP contribution < -0.4 is 15.8 Å². The maximum atomic E-state index is 11.9. The topological polar surface area (TPSA) is 84.7 Å². The molecule has 0 aliphatic rings. The van der Waals surface area contributed by atoms with Gasteiger partial charge < -0.3 is 20.7 Å². The van der Waals surface area contributed by atoms with Crippen molar-refractivity contribution in [3.8, 4) is 5.75 Å². The van der Waals surface area contributed by atoms with Crippen molar-refractivity contribution in [2.75, 3.05) is 27.2 Å². The minimum absolute atomic E-state index is 0.0549. The first-order valence-corrected chi connectivity index (χ1v) is 6.32. The van der Waals surface area contributed by atoms with Crippen LogP contribution in [0.3, 0.4) is 0 Å². The molecular weight excluding hydrogens is 258 g/mol. The molecule has 0 heterocycles. The normalized spacial score (nSPS) is 10.0. The Morgan fingerprint density at radius 1 is 1.40 bits per heavy atom. The summed E-state index contributed by atoms with van der Waals surface area (Å²) in [6, 6.07) is 5.80. The fourth-order valence-electron chi connectivity index (χ4n) is 1.76. The summed E-state index contributed by atoms with van der Waals surface area (Å²) in [5.74, 6) is 0.205. The van der Waals surface area contributed by atoms with Crippen LogP contribution in [0.4, 0.5) is 0 Å². The zero-order valence-corrected chi connectivity index (χ0v) is 12.1. The van der Waals surface area contributed by atoms with Gasteiger partial charge in [0.05, 0.1) is 20.2 Å². The van der Waals surface area contributed by atoms with Crippen LogP contribution in [0.1, 0.15) is 11.1 Å². The van der Waals surface area contributed by atoms with E-state index in [0.717, 1.165) is 16.9 Å². The van der Waals surface area contributed by atoms with Crippen LogP contribution in [0.5, 0.6) is 5.75 Å². The summed E-state index contributed by atoms with van der Waals surface area (Å²) in [6.45, 7) is 2.22.